The zero-order chi connectivity index (χ0) is 13.3. The van der Waals surface area contributed by atoms with Crippen LogP contribution in [-0.4, -0.2) is 10.1 Å². The van der Waals surface area contributed by atoms with E-state index in [1.54, 1.807) is 12.1 Å². The highest BCUT2D eigenvalue weighted by Gasteiger charge is 2.18. The first-order chi connectivity index (χ1) is 8.35. The molecule has 0 unspecified atom stereocenters. The molecule has 0 saturated carbocycles. The van der Waals surface area contributed by atoms with Crippen LogP contribution in [0.15, 0.2) is 22.7 Å². The zero-order valence-electron chi connectivity index (χ0n) is 10.7. The minimum Gasteiger partial charge on any atom is -0.399 e. The molecule has 2 rings (SSSR count). The molecule has 0 bridgehead atoms. The summed E-state index contributed by atoms with van der Waals surface area (Å²) in [6, 6.07) is 4.38. The van der Waals surface area contributed by atoms with Crippen LogP contribution in [0.5, 0.6) is 0 Å². The van der Waals surface area contributed by atoms with Crippen LogP contribution in [0.2, 0.25) is 0 Å². The quantitative estimate of drug-likeness (QED) is 0.831. The Labute approximate surface area is 105 Å². The Balaban J connectivity index is 2.29. The molecule has 4 nitrogen and oxygen atoms in total. The van der Waals surface area contributed by atoms with Gasteiger partial charge in [0.1, 0.15) is 5.82 Å². The van der Waals surface area contributed by atoms with Gasteiger partial charge in [-0.2, -0.15) is 4.98 Å². The van der Waals surface area contributed by atoms with Gasteiger partial charge in [-0.1, -0.05) is 25.9 Å². The number of benzene rings is 1. The van der Waals surface area contributed by atoms with Crippen molar-refractivity contribution in [2.75, 3.05) is 5.73 Å². The van der Waals surface area contributed by atoms with Crippen molar-refractivity contribution in [2.45, 2.75) is 27.2 Å². The van der Waals surface area contributed by atoms with Gasteiger partial charge in [0.2, 0.25) is 0 Å². The minimum absolute atomic E-state index is 0.0564. The van der Waals surface area contributed by atoms with E-state index in [4.69, 9.17) is 10.3 Å². The summed E-state index contributed by atoms with van der Waals surface area (Å²) >= 11 is 0. The second-order valence-corrected chi connectivity index (χ2v) is 5.49. The lowest BCUT2D eigenvalue weighted by Crippen LogP contribution is -2.10. The lowest BCUT2D eigenvalue weighted by molar-refractivity contribution is 0.374. The maximum atomic E-state index is 13.7. The molecule has 0 aliphatic heterocycles. The SMILES string of the molecule is CC(C)(C)Cc1noc(-c2ccc(N)cc2F)n1. The molecule has 96 valence electrons. The van der Waals surface area contributed by atoms with Gasteiger partial charge in [-0.3, -0.25) is 0 Å². The Morgan fingerprint density at radius 2 is 2.06 bits per heavy atom. The first kappa shape index (κ1) is 12.5. The second kappa shape index (κ2) is 4.40. The first-order valence-corrected chi connectivity index (χ1v) is 5.73. The lowest BCUT2D eigenvalue weighted by Gasteiger charge is -2.14. The zero-order valence-corrected chi connectivity index (χ0v) is 10.7. The van der Waals surface area contributed by atoms with Gasteiger partial charge in [0.05, 0.1) is 5.56 Å². The maximum Gasteiger partial charge on any atom is 0.260 e. The van der Waals surface area contributed by atoms with E-state index in [1.807, 2.05) is 0 Å². The molecular weight excluding hydrogens is 233 g/mol. The summed E-state index contributed by atoms with van der Waals surface area (Å²) in [6.07, 6.45) is 0.674. The van der Waals surface area contributed by atoms with Gasteiger partial charge in [0.15, 0.2) is 5.82 Å². The minimum atomic E-state index is -0.457. The average molecular weight is 249 g/mol. The van der Waals surface area contributed by atoms with Crippen LogP contribution in [-0.2, 0) is 6.42 Å². The van der Waals surface area contributed by atoms with Gasteiger partial charge >= 0.3 is 0 Å². The van der Waals surface area contributed by atoms with Crippen LogP contribution in [0.1, 0.15) is 26.6 Å². The van der Waals surface area contributed by atoms with E-state index >= 15 is 0 Å². The fourth-order valence-corrected chi connectivity index (χ4v) is 1.61. The molecule has 2 aromatic rings. The fraction of sp³-hybridized carbons (Fsp3) is 0.385. The topological polar surface area (TPSA) is 64.9 Å². The molecule has 0 saturated heterocycles. The largest absolute Gasteiger partial charge is 0.399 e. The van der Waals surface area contributed by atoms with Crippen LogP contribution in [0.25, 0.3) is 11.5 Å². The molecule has 0 aliphatic rings. The van der Waals surface area contributed by atoms with Crippen molar-refractivity contribution in [2.24, 2.45) is 5.41 Å². The first-order valence-electron chi connectivity index (χ1n) is 5.73. The number of aromatic nitrogens is 2. The predicted octanol–water partition coefficient (Wildman–Crippen LogP) is 3.05. The summed E-state index contributed by atoms with van der Waals surface area (Å²) in [4.78, 5) is 4.20. The second-order valence-electron chi connectivity index (χ2n) is 5.49. The number of nitrogens with two attached hydrogens (primary N) is 1. The molecule has 0 spiro atoms. The predicted molar refractivity (Wildman–Crippen MR) is 67.3 cm³/mol. The Morgan fingerprint density at radius 1 is 1.33 bits per heavy atom. The monoisotopic (exact) mass is 249 g/mol. The van der Waals surface area contributed by atoms with E-state index in [2.05, 4.69) is 30.9 Å². The summed E-state index contributed by atoms with van der Waals surface area (Å²) in [7, 11) is 0. The molecule has 0 aliphatic carbocycles. The molecule has 18 heavy (non-hydrogen) atoms. The highest BCUT2D eigenvalue weighted by atomic mass is 19.1. The van der Waals surface area contributed by atoms with Gasteiger partial charge in [-0.25, -0.2) is 4.39 Å². The van der Waals surface area contributed by atoms with Crippen molar-refractivity contribution in [1.29, 1.82) is 0 Å². The summed E-state index contributed by atoms with van der Waals surface area (Å²) in [5.41, 5.74) is 6.18. The molecule has 1 aromatic carbocycles. The van der Waals surface area contributed by atoms with Crippen LogP contribution >= 0.6 is 0 Å². The van der Waals surface area contributed by atoms with E-state index < -0.39 is 5.82 Å². The molecule has 0 amide bonds. The van der Waals surface area contributed by atoms with Crippen molar-refractivity contribution >= 4 is 5.69 Å². The third-order valence-corrected chi connectivity index (χ3v) is 2.38. The summed E-state index contributed by atoms with van der Waals surface area (Å²) in [5.74, 6) is 0.307. The molecule has 5 heteroatoms. The average Bonchev–Trinajstić information content (AvgIpc) is 2.63. The Morgan fingerprint density at radius 3 is 2.67 bits per heavy atom. The maximum absolute atomic E-state index is 13.7. The molecular formula is C13H16FN3O. The standard InChI is InChI=1S/C13H16FN3O/c1-13(2,3)7-11-16-12(18-17-11)9-5-4-8(15)6-10(9)14/h4-6H,7,15H2,1-3H3. The number of nitrogens with zero attached hydrogens (tertiary/aromatic N) is 2. The summed E-state index contributed by atoms with van der Waals surface area (Å²) in [5, 5.41) is 3.86. The molecule has 1 heterocycles. The smallest absolute Gasteiger partial charge is 0.260 e. The molecule has 1 aromatic heterocycles. The van der Waals surface area contributed by atoms with Gasteiger partial charge < -0.3 is 10.3 Å². The van der Waals surface area contributed by atoms with Crippen LogP contribution < -0.4 is 5.73 Å². The van der Waals surface area contributed by atoms with Crippen molar-refractivity contribution in [3.8, 4) is 11.5 Å². The van der Waals surface area contributed by atoms with E-state index in [9.17, 15) is 4.39 Å². The van der Waals surface area contributed by atoms with Crippen molar-refractivity contribution < 1.29 is 8.91 Å². The molecule has 2 N–H and O–H groups in total. The highest BCUT2D eigenvalue weighted by molar-refractivity contribution is 5.58. The normalized spacial score (nSPS) is 11.8. The number of anilines is 1. The third kappa shape index (κ3) is 2.85. The van der Waals surface area contributed by atoms with Gasteiger partial charge in [-0.05, 0) is 23.6 Å². The number of hydrogen-bond acceptors (Lipinski definition) is 4. The Kier molecular flexibility index (Phi) is 3.07. The summed E-state index contributed by atoms with van der Waals surface area (Å²) in [6.45, 7) is 6.23. The number of hydrogen-bond donors (Lipinski definition) is 1. The van der Waals surface area contributed by atoms with E-state index in [0.717, 1.165) is 0 Å². The number of rotatable bonds is 2. The Bertz CT molecular complexity index is 558. The lowest BCUT2D eigenvalue weighted by atomic mass is 9.92. The number of halogens is 1. The summed E-state index contributed by atoms with van der Waals surface area (Å²) < 4.78 is 18.8. The van der Waals surface area contributed by atoms with Crippen LogP contribution in [0.4, 0.5) is 10.1 Å². The van der Waals surface area contributed by atoms with Crippen molar-refractivity contribution in [3.05, 3.63) is 29.8 Å². The van der Waals surface area contributed by atoms with E-state index in [0.29, 0.717) is 17.9 Å². The van der Waals surface area contributed by atoms with Gasteiger partial charge in [-0.15, -0.1) is 0 Å². The Hall–Kier alpha value is -1.91. The highest BCUT2D eigenvalue weighted by Crippen LogP contribution is 2.25. The molecule has 0 radical (unpaired) electrons. The van der Waals surface area contributed by atoms with Gasteiger partial charge in [0, 0.05) is 12.1 Å². The van der Waals surface area contributed by atoms with Crippen molar-refractivity contribution in [3.63, 3.8) is 0 Å². The van der Waals surface area contributed by atoms with E-state index in [-0.39, 0.29) is 16.9 Å². The molecule has 0 atom stereocenters. The van der Waals surface area contributed by atoms with Crippen molar-refractivity contribution in [1.82, 2.24) is 10.1 Å². The number of nitrogen functional groups attached to an aromatic ring is 1. The van der Waals surface area contributed by atoms with Gasteiger partial charge in [0.25, 0.3) is 5.89 Å². The van der Waals surface area contributed by atoms with E-state index in [1.165, 1.54) is 6.07 Å². The van der Waals surface area contributed by atoms with Crippen LogP contribution in [0.3, 0.4) is 0 Å². The fourth-order valence-electron chi connectivity index (χ4n) is 1.61. The molecule has 0 fully saturated rings. The third-order valence-electron chi connectivity index (χ3n) is 2.38. The van der Waals surface area contributed by atoms with Crippen LogP contribution in [0, 0.1) is 11.2 Å².